The number of hydrogen-bond acceptors (Lipinski definition) is 1. The highest BCUT2D eigenvalue weighted by Gasteiger charge is 2.09. The van der Waals surface area contributed by atoms with Crippen molar-refractivity contribution in [1.29, 1.82) is 0 Å². The molecule has 1 nitrogen and oxygen atoms in total. The van der Waals surface area contributed by atoms with E-state index in [-0.39, 0.29) is 0 Å². The molecule has 0 spiro atoms. The molecular weight excluding hydrogens is 158 g/mol. The third-order valence-corrected chi connectivity index (χ3v) is 2.75. The molecule has 0 aromatic heterocycles. The van der Waals surface area contributed by atoms with E-state index in [0.717, 1.165) is 24.3 Å². The highest BCUT2D eigenvalue weighted by molar-refractivity contribution is 4.66. The number of nitrogens with one attached hydrogen (secondary N) is 1. The van der Waals surface area contributed by atoms with Crippen molar-refractivity contribution in [2.75, 3.05) is 6.54 Å². The Labute approximate surface area is 84.3 Å². The van der Waals surface area contributed by atoms with E-state index in [1.54, 1.807) is 0 Å². The third-order valence-electron chi connectivity index (χ3n) is 2.75. The molecule has 0 aliphatic rings. The highest BCUT2D eigenvalue weighted by Crippen LogP contribution is 2.09. The minimum atomic E-state index is 0.668. The van der Waals surface area contributed by atoms with Crippen molar-refractivity contribution in [3.63, 3.8) is 0 Å². The monoisotopic (exact) mass is 185 g/mol. The van der Waals surface area contributed by atoms with E-state index in [2.05, 4.69) is 46.9 Å². The van der Waals surface area contributed by atoms with Crippen LogP contribution in [0.15, 0.2) is 0 Å². The van der Waals surface area contributed by atoms with Crippen LogP contribution in [0, 0.1) is 17.8 Å². The van der Waals surface area contributed by atoms with Crippen LogP contribution in [-0.2, 0) is 0 Å². The third kappa shape index (κ3) is 7.06. The molecule has 0 saturated carbocycles. The SMILES string of the molecule is CC(C)CC(C)NCC(C)C(C)C. The smallest absolute Gasteiger partial charge is 0.00412 e. The topological polar surface area (TPSA) is 12.0 Å². The van der Waals surface area contributed by atoms with Crippen LogP contribution in [-0.4, -0.2) is 12.6 Å². The minimum Gasteiger partial charge on any atom is -0.314 e. The molecule has 0 amide bonds. The lowest BCUT2D eigenvalue weighted by Gasteiger charge is -2.21. The van der Waals surface area contributed by atoms with Gasteiger partial charge in [-0.1, -0.05) is 34.6 Å². The number of hydrogen-bond donors (Lipinski definition) is 1. The van der Waals surface area contributed by atoms with E-state index >= 15 is 0 Å². The zero-order valence-corrected chi connectivity index (χ0v) is 10.2. The molecule has 0 aliphatic carbocycles. The molecule has 0 aromatic rings. The molecule has 1 heteroatoms. The van der Waals surface area contributed by atoms with Gasteiger partial charge in [0.25, 0.3) is 0 Å². The maximum atomic E-state index is 3.60. The Morgan fingerprint density at radius 2 is 1.46 bits per heavy atom. The summed E-state index contributed by atoms with van der Waals surface area (Å²) in [5, 5.41) is 3.60. The first-order valence-corrected chi connectivity index (χ1v) is 5.66. The lowest BCUT2D eigenvalue weighted by Crippen LogP contribution is -2.32. The fourth-order valence-electron chi connectivity index (χ4n) is 1.41. The zero-order chi connectivity index (χ0) is 10.4. The lowest BCUT2D eigenvalue weighted by molar-refractivity contribution is 0.353. The predicted molar refractivity (Wildman–Crippen MR) is 60.9 cm³/mol. The molecule has 0 aliphatic heterocycles. The van der Waals surface area contributed by atoms with Crippen molar-refractivity contribution in [3.8, 4) is 0 Å². The summed E-state index contributed by atoms with van der Waals surface area (Å²) < 4.78 is 0. The van der Waals surface area contributed by atoms with Crippen LogP contribution in [0.1, 0.15) is 48.0 Å². The Balaban J connectivity index is 3.51. The predicted octanol–water partition coefficient (Wildman–Crippen LogP) is 3.30. The van der Waals surface area contributed by atoms with E-state index in [1.807, 2.05) is 0 Å². The number of rotatable bonds is 6. The van der Waals surface area contributed by atoms with Gasteiger partial charge in [0.2, 0.25) is 0 Å². The second-order valence-corrected chi connectivity index (χ2v) is 5.16. The first-order valence-electron chi connectivity index (χ1n) is 5.66. The van der Waals surface area contributed by atoms with Gasteiger partial charge >= 0.3 is 0 Å². The standard InChI is InChI=1S/C12H27N/c1-9(2)7-12(6)13-8-11(5)10(3)4/h9-13H,7-8H2,1-6H3. The van der Waals surface area contributed by atoms with Crippen LogP contribution < -0.4 is 5.32 Å². The Morgan fingerprint density at radius 1 is 0.923 bits per heavy atom. The molecule has 0 aromatic carbocycles. The highest BCUT2D eigenvalue weighted by atomic mass is 14.9. The summed E-state index contributed by atoms with van der Waals surface area (Å²) in [5.41, 5.74) is 0. The largest absolute Gasteiger partial charge is 0.314 e. The second kappa shape index (κ2) is 6.42. The normalized spacial score (nSPS) is 16.6. The molecule has 0 heterocycles. The van der Waals surface area contributed by atoms with Gasteiger partial charge in [-0.25, -0.2) is 0 Å². The van der Waals surface area contributed by atoms with E-state index in [0.29, 0.717) is 6.04 Å². The molecule has 2 atom stereocenters. The average Bonchev–Trinajstić information content (AvgIpc) is 1.98. The summed E-state index contributed by atoms with van der Waals surface area (Å²) in [6, 6.07) is 0.668. The van der Waals surface area contributed by atoms with Crippen molar-refractivity contribution in [2.24, 2.45) is 17.8 Å². The Morgan fingerprint density at radius 3 is 1.85 bits per heavy atom. The quantitative estimate of drug-likeness (QED) is 0.669. The Kier molecular flexibility index (Phi) is 6.40. The molecule has 2 unspecified atom stereocenters. The molecule has 0 bridgehead atoms. The fourth-order valence-corrected chi connectivity index (χ4v) is 1.41. The van der Waals surface area contributed by atoms with Crippen molar-refractivity contribution >= 4 is 0 Å². The molecule has 13 heavy (non-hydrogen) atoms. The van der Waals surface area contributed by atoms with Crippen LogP contribution in [0.3, 0.4) is 0 Å². The van der Waals surface area contributed by atoms with Gasteiger partial charge < -0.3 is 5.32 Å². The van der Waals surface area contributed by atoms with Crippen molar-refractivity contribution in [2.45, 2.75) is 54.0 Å². The molecule has 0 saturated heterocycles. The van der Waals surface area contributed by atoms with Gasteiger partial charge in [-0.2, -0.15) is 0 Å². The van der Waals surface area contributed by atoms with E-state index < -0.39 is 0 Å². The second-order valence-electron chi connectivity index (χ2n) is 5.16. The van der Waals surface area contributed by atoms with Crippen LogP contribution in [0.5, 0.6) is 0 Å². The lowest BCUT2D eigenvalue weighted by atomic mass is 9.97. The molecule has 0 fully saturated rings. The zero-order valence-electron chi connectivity index (χ0n) is 10.2. The van der Waals surface area contributed by atoms with Gasteiger partial charge in [0.05, 0.1) is 0 Å². The van der Waals surface area contributed by atoms with Crippen molar-refractivity contribution < 1.29 is 0 Å². The summed E-state index contributed by atoms with van der Waals surface area (Å²) >= 11 is 0. The van der Waals surface area contributed by atoms with E-state index in [1.165, 1.54) is 6.42 Å². The van der Waals surface area contributed by atoms with Crippen LogP contribution in [0.4, 0.5) is 0 Å². The first-order chi connectivity index (χ1) is 5.93. The van der Waals surface area contributed by atoms with Gasteiger partial charge in [0.1, 0.15) is 0 Å². The Bertz CT molecular complexity index is 118. The maximum Gasteiger partial charge on any atom is 0.00412 e. The van der Waals surface area contributed by atoms with Crippen LogP contribution >= 0.6 is 0 Å². The fraction of sp³-hybridized carbons (Fsp3) is 1.00. The molecular formula is C12H27N. The average molecular weight is 185 g/mol. The Hall–Kier alpha value is -0.0400. The van der Waals surface area contributed by atoms with E-state index in [9.17, 15) is 0 Å². The van der Waals surface area contributed by atoms with Crippen LogP contribution in [0.2, 0.25) is 0 Å². The van der Waals surface area contributed by atoms with Crippen molar-refractivity contribution in [3.05, 3.63) is 0 Å². The summed E-state index contributed by atoms with van der Waals surface area (Å²) in [4.78, 5) is 0. The first kappa shape index (κ1) is 13.0. The van der Waals surface area contributed by atoms with E-state index in [4.69, 9.17) is 0 Å². The maximum absolute atomic E-state index is 3.60. The molecule has 0 radical (unpaired) electrons. The summed E-state index contributed by atoms with van der Waals surface area (Å²) in [5.74, 6) is 2.38. The molecule has 80 valence electrons. The van der Waals surface area contributed by atoms with Crippen LogP contribution in [0.25, 0.3) is 0 Å². The van der Waals surface area contributed by atoms with Gasteiger partial charge in [-0.05, 0) is 37.6 Å². The minimum absolute atomic E-state index is 0.668. The molecule has 0 rings (SSSR count). The van der Waals surface area contributed by atoms with Gasteiger partial charge in [-0.15, -0.1) is 0 Å². The van der Waals surface area contributed by atoms with Gasteiger partial charge in [0, 0.05) is 6.04 Å². The summed E-state index contributed by atoms with van der Waals surface area (Å²) in [7, 11) is 0. The molecule has 1 N–H and O–H groups in total. The van der Waals surface area contributed by atoms with Crippen molar-refractivity contribution in [1.82, 2.24) is 5.32 Å². The van der Waals surface area contributed by atoms with Gasteiger partial charge in [0.15, 0.2) is 0 Å². The van der Waals surface area contributed by atoms with Gasteiger partial charge in [-0.3, -0.25) is 0 Å². The summed E-state index contributed by atoms with van der Waals surface area (Å²) in [6.45, 7) is 14.9. The summed E-state index contributed by atoms with van der Waals surface area (Å²) in [6.07, 6.45) is 1.28.